The van der Waals surface area contributed by atoms with Crippen molar-refractivity contribution in [3.8, 4) is 5.75 Å². The summed E-state index contributed by atoms with van der Waals surface area (Å²) in [5.41, 5.74) is 3.25. The summed E-state index contributed by atoms with van der Waals surface area (Å²) in [6.07, 6.45) is 1.51. The Morgan fingerprint density at radius 1 is 0.897 bits per heavy atom. The summed E-state index contributed by atoms with van der Waals surface area (Å²) >= 11 is 0. The van der Waals surface area contributed by atoms with Crippen molar-refractivity contribution in [3.05, 3.63) is 95.6 Å². The predicted octanol–water partition coefficient (Wildman–Crippen LogP) is 6.48. The van der Waals surface area contributed by atoms with E-state index in [9.17, 15) is 9.90 Å². The van der Waals surface area contributed by atoms with E-state index in [0.29, 0.717) is 5.75 Å². The van der Waals surface area contributed by atoms with Crippen LogP contribution in [0.4, 0.5) is 5.69 Å². The first kappa shape index (κ1) is 20.5. The van der Waals surface area contributed by atoms with E-state index in [1.807, 2.05) is 48.5 Å². The molecule has 0 aliphatic rings. The van der Waals surface area contributed by atoms with E-state index < -0.39 is 5.97 Å². The Morgan fingerprint density at radius 2 is 1.52 bits per heavy atom. The Bertz CT molecular complexity index is 925. The number of aromatic carboxylic acids is 1. The van der Waals surface area contributed by atoms with Gasteiger partial charge < -0.3 is 15.2 Å². The first-order valence-electron chi connectivity index (χ1n) is 10.0. The molecule has 29 heavy (non-hydrogen) atoms. The zero-order valence-corrected chi connectivity index (χ0v) is 16.8. The van der Waals surface area contributed by atoms with Crippen molar-refractivity contribution >= 4 is 11.7 Å². The van der Waals surface area contributed by atoms with Gasteiger partial charge >= 0.3 is 5.97 Å². The minimum Gasteiger partial charge on any atom is -0.484 e. The predicted molar refractivity (Wildman–Crippen MR) is 117 cm³/mol. The summed E-state index contributed by atoms with van der Waals surface area (Å²) in [6, 6.07) is 25.3. The molecule has 4 heteroatoms. The Kier molecular flexibility index (Phi) is 6.90. The van der Waals surface area contributed by atoms with Gasteiger partial charge in [-0.15, -0.1) is 0 Å². The second-order valence-corrected chi connectivity index (χ2v) is 6.96. The minimum atomic E-state index is -0.968. The Hall–Kier alpha value is -3.27. The highest BCUT2D eigenvalue weighted by Gasteiger charge is 2.18. The van der Waals surface area contributed by atoms with Crippen molar-refractivity contribution in [2.45, 2.75) is 38.8 Å². The van der Waals surface area contributed by atoms with E-state index in [0.717, 1.165) is 24.1 Å². The maximum absolute atomic E-state index is 11.5. The number of anilines is 1. The van der Waals surface area contributed by atoms with Crippen molar-refractivity contribution < 1.29 is 14.6 Å². The van der Waals surface area contributed by atoms with Crippen LogP contribution in [-0.2, 0) is 0 Å². The molecule has 2 atom stereocenters. The number of benzene rings is 3. The fourth-order valence-electron chi connectivity index (χ4n) is 3.37. The summed E-state index contributed by atoms with van der Waals surface area (Å²) in [7, 11) is 0. The molecule has 0 aromatic heterocycles. The van der Waals surface area contributed by atoms with Gasteiger partial charge in [-0.1, -0.05) is 74.5 Å². The average molecular weight is 389 g/mol. The summed E-state index contributed by atoms with van der Waals surface area (Å²) < 4.78 is 6.33. The van der Waals surface area contributed by atoms with Crippen LogP contribution in [0.15, 0.2) is 78.9 Å². The number of carboxylic acids is 1. The fraction of sp³-hybridized carbons (Fsp3) is 0.240. The van der Waals surface area contributed by atoms with Crippen LogP contribution in [0.1, 0.15) is 60.3 Å². The topological polar surface area (TPSA) is 58.6 Å². The van der Waals surface area contributed by atoms with E-state index in [2.05, 4.69) is 31.3 Å². The van der Waals surface area contributed by atoms with E-state index in [1.165, 1.54) is 5.56 Å². The largest absolute Gasteiger partial charge is 0.484 e. The van der Waals surface area contributed by atoms with Crippen LogP contribution in [0.2, 0.25) is 0 Å². The number of nitrogens with one attached hydrogen (secondary N) is 1. The molecule has 4 nitrogen and oxygen atoms in total. The van der Waals surface area contributed by atoms with Gasteiger partial charge in [-0.25, -0.2) is 4.79 Å². The van der Waals surface area contributed by atoms with Gasteiger partial charge in [0, 0.05) is 0 Å². The van der Waals surface area contributed by atoms with Crippen LogP contribution in [0, 0.1) is 0 Å². The van der Waals surface area contributed by atoms with E-state index in [1.54, 1.807) is 18.2 Å². The first-order chi connectivity index (χ1) is 14.1. The summed E-state index contributed by atoms with van der Waals surface area (Å²) in [4.78, 5) is 11.5. The second-order valence-electron chi connectivity index (χ2n) is 6.96. The van der Waals surface area contributed by atoms with Gasteiger partial charge in [-0.3, -0.25) is 0 Å². The number of ether oxygens (including phenoxy) is 1. The highest BCUT2D eigenvalue weighted by atomic mass is 16.5. The zero-order chi connectivity index (χ0) is 20.6. The van der Waals surface area contributed by atoms with E-state index in [4.69, 9.17) is 4.74 Å². The number of rotatable bonds is 9. The summed E-state index contributed by atoms with van der Waals surface area (Å²) in [5.74, 6) is -0.417. The standard InChI is InChI=1S/C25H27NO3/c1-3-21(18-11-7-5-8-12-18)26-22-16-15-20(25(27)28)17-24(22)29-23(4-2)19-13-9-6-10-14-19/h5-17,21,23,26H,3-4H2,1-2H3,(H,27,28). The molecule has 0 saturated heterocycles. The van der Waals surface area contributed by atoms with Gasteiger partial charge in [0.15, 0.2) is 0 Å². The summed E-state index contributed by atoms with van der Waals surface area (Å²) in [6.45, 7) is 4.18. The molecule has 0 aliphatic heterocycles. The van der Waals surface area contributed by atoms with Gasteiger partial charge in [0.05, 0.1) is 17.3 Å². The maximum Gasteiger partial charge on any atom is 0.335 e. The minimum absolute atomic E-state index is 0.103. The van der Waals surface area contributed by atoms with Crippen LogP contribution in [0.5, 0.6) is 5.75 Å². The van der Waals surface area contributed by atoms with Gasteiger partial charge in [0.1, 0.15) is 11.9 Å². The lowest BCUT2D eigenvalue weighted by atomic mass is 10.0. The quantitative estimate of drug-likeness (QED) is 0.440. The molecule has 0 bridgehead atoms. The molecule has 0 radical (unpaired) electrons. The zero-order valence-electron chi connectivity index (χ0n) is 16.8. The molecule has 3 rings (SSSR count). The molecule has 0 fully saturated rings. The van der Waals surface area contributed by atoms with Crippen LogP contribution in [0.3, 0.4) is 0 Å². The molecule has 2 N–H and O–H groups in total. The highest BCUT2D eigenvalue weighted by molar-refractivity contribution is 5.89. The second kappa shape index (κ2) is 9.78. The molecular weight excluding hydrogens is 362 g/mol. The molecule has 3 aromatic carbocycles. The van der Waals surface area contributed by atoms with Crippen molar-refractivity contribution in [2.24, 2.45) is 0 Å². The van der Waals surface area contributed by atoms with Gasteiger partial charge in [-0.05, 0) is 42.2 Å². The lowest BCUT2D eigenvalue weighted by Gasteiger charge is -2.24. The molecule has 0 spiro atoms. The number of carboxylic acid groups (broad SMARTS) is 1. The SMILES string of the molecule is CCC(Nc1ccc(C(=O)O)cc1OC(CC)c1ccccc1)c1ccccc1. The van der Waals surface area contributed by atoms with Crippen molar-refractivity contribution in [1.29, 1.82) is 0 Å². The lowest BCUT2D eigenvalue weighted by Crippen LogP contribution is -2.13. The third kappa shape index (κ3) is 5.17. The van der Waals surface area contributed by atoms with Gasteiger partial charge in [0.25, 0.3) is 0 Å². The van der Waals surface area contributed by atoms with Gasteiger partial charge in [0.2, 0.25) is 0 Å². The molecule has 0 aliphatic carbocycles. The number of hydrogen-bond acceptors (Lipinski definition) is 3. The van der Waals surface area contributed by atoms with Crippen LogP contribution >= 0.6 is 0 Å². The van der Waals surface area contributed by atoms with Crippen molar-refractivity contribution in [3.63, 3.8) is 0 Å². The van der Waals surface area contributed by atoms with Crippen LogP contribution < -0.4 is 10.1 Å². The van der Waals surface area contributed by atoms with E-state index >= 15 is 0 Å². The molecule has 0 amide bonds. The van der Waals surface area contributed by atoms with Crippen LogP contribution in [0.25, 0.3) is 0 Å². The highest BCUT2D eigenvalue weighted by Crippen LogP contribution is 2.34. The molecule has 2 unspecified atom stereocenters. The average Bonchev–Trinajstić information content (AvgIpc) is 2.77. The molecular formula is C25H27NO3. The fourth-order valence-corrected chi connectivity index (χ4v) is 3.37. The molecule has 150 valence electrons. The van der Waals surface area contributed by atoms with E-state index in [-0.39, 0.29) is 17.7 Å². The Labute approximate surface area is 172 Å². The smallest absolute Gasteiger partial charge is 0.335 e. The molecule has 0 heterocycles. The Balaban J connectivity index is 1.93. The normalized spacial score (nSPS) is 12.8. The third-order valence-corrected chi connectivity index (χ3v) is 4.98. The maximum atomic E-state index is 11.5. The van der Waals surface area contributed by atoms with Crippen molar-refractivity contribution in [1.82, 2.24) is 0 Å². The Morgan fingerprint density at radius 3 is 2.07 bits per heavy atom. The van der Waals surface area contributed by atoms with Crippen molar-refractivity contribution in [2.75, 3.05) is 5.32 Å². The lowest BCUT2D eigenvalue weighted by molar-refractivity contribution is 0.0696. The third-order valence-electron chi connectivity index (χ3n) is 4.98. The van der Waals surface area contributed by atoms with Gasteiger partial charge in [-0.2, -0.15) is 0 Å². The first-order valence-corrected chi connectivity index (χ1v) is 10.0. The number of hydrogen-bond donors (Lipinski definition) is 2. The monoisotopic (exact) mass is 389 g/mol. The molecule has 0 saturated carbocycles. The number of carbonyl (C=O) groups is 1. The van der Waals surface area contributed by atoms with Crippen LogP contribution in [-0.4, -0.2) is 11.1 Å². The summed E-state index contributed by atoms with van der Waals surface area (Å²) in [5, 5.41) is 13.0. The molecule has 3 aromatic rings.